The van der Waals surface area contributed by atoms with Gasteiger partial charge in [-0.1, -0.05) is 24.3 Å². The molecule has 2 aromatic rings. The second-order valence-corrected chi connectivity index (χ2v) is 6.43. The second-order valence-electron chi connectivity index (χ2n) is 6.43. The van der Waals surface area contributed by atoms with E-state index in [2.05, 4.69) is 37.1 Å². The first-order valence-electron chi connectivity index (χ1n) is 7.40. The zero-order valence-electron chi connectivity index (χ0n) is 12.3. The maximum atomic E-state index is 10.3. The van der Waals surface area contributed by atoms with Crippen LogP contribution in [0.4, 0.5) is 0 Å². The first kappa shape index (κ1) is 12.7. The van der Waals surface area contributed by atoms with Crippen molar-refractivity contribution in [3.63, 3.8) is 0 Å². The average molecular weight is 281 g/mol. The van der Waals surface area contributed by atoms with Gasteiger partial charge in [0, 0.05) is 17.6 Å². The molecule has 1 aliphatic heterocycles. The topological polar surface area (TPSA) is 43.7 Å². The highest BCUT2D eigenvalue weighted by Gasteiger charge is 2.42. The summed E-state index contributed by atoms with van der Waals surface area (Å²) in [4.78, 5) is 2.41. The van der Waals surface area contributed by atoms with Crippen molar-refractivity contribution < 1.29 is 10.2 Å². The predicted molar refractivity (Wildman–Crippen MR) is 82.6 cm³/mol. The Hall–Kier alpha value is -2.00. The number of hydrogen-bond acceptors (Lipinski definition) is 3. The Balaban J connectivity index is 2.10. The molecule has 0 unspecified atom stereocenters. The molecule has 2 N–H and O–H groups in total. The molecule has 2 aromatic carbocycles. The molecular weight excluding hydrogens is 262 g/mol. The number of nitrogens with zero attached hydrogens (tertiary/aromatic N) is 1. The summed E-state index contributed by atoms with van der Waals surface area (Å²) in [5.41, 5.74) is 5.61. The molecule has 0 amide bonds. The summed E-state index contributed by atoms with van der Waals surface area (Å²) >= 11 is 0. The number of rotatable bonds is 0. The van der Waals surface area contributed by atoms with Gasteiger partial charge in [-0.15, -0.1) is 0 Å². The number of likely N-dealkylation sites (N-methyl/N-ethyl adjacent to an activating group) is 1. The van der Waals surface area contributed by atoms with Gasteiger partial charge in [0.05, 0.1) is 0 Å². The van der Waals surface area contributed by atoms with Gasteiger partial charge in [0.2, 0.25) is 0 Å². The van der Waals surface area contributed by atoms with Crippen LogP contribution in [0.2, 0.25) is 0 Å². The maximum absolute atomic E-state index is 10.3. The van der Waals surface area contributed by atoms with E-state index >= 15 is 0 Å². The van der Waals surface area contributed by atoms with Crippen LogP contribution in [-0.2, 0) is 18.4 Å². The smallest absolute Gasteiger partial charge is 0.165 e. The van der Waals surface area contributed by atoms with E-state index in [0.717, 1.165) is 36.1 Å². The van der Waals surface area contributed by atoms with Gasteiger partial charge in [-0.05, 0) is 55.1 Å². The molecule has 1 heterocycles. The highest BCUT2D eigenvalue weighted by Crippen LogP contribution is 2.52. The standard InChI is InChI=1S/C18H19NO2/c1-18-10-12-6-7-14(20)17(21)15(12)13-5-3-4-11(16(13)18)8-9-19(18)2/h3-7,20-21H,8-10H2,1-2H3/t18-/m0/s1. The Morgan fingerprint density at radius 1 is 1.10 bits per heavy atom. The molecule has 3 nitrogen and oxygen atoms in total. The molecule has 4 rings (SSSR count). The van der Waals surface area contributed by atoms with Gasteiger partial charge in [0.15, 0.2) is 11.5 Å². The summed E-state index contributed by atoms with van der Waals surface area (Å²) in [7, 11) is 2.17. The fourth-order valence-electron chi connectivity index (χ4n) is 4.04. The number of benzene rings is 2. The lowest BCUT2D eigenvalue weighted by Crippen LogP contribution is -2.49. The molecule has 1 atom stereocenters. The van der Waals surface area contributed by atoms with Crippen molar-refractivity contribution in [1.29, 1.82) is 0 Å². The Kier molecular flexibility index (Phi) is 2.43. The van der Waals surface area contributed by atoms with Crippen molar-refractivity contribution in [3.8, 4) is 22.6 Å². The van der Waals surface area contributed by atoms with Crippen molar-refractivity contribution in [3.05, 3.63) is 47.0 Å². The van der Waals surface area contributed by atoms with Gasteiger partial charge in [0.1, 0.15) is 0 Å². The van der Waals surface area contributed by atoms with Crippen molar-refractivity contribution in [2.45, 2.75) is 25.3 Å². The van der Waals surface area contributed by atoms with E-state index in [9.17, 15) is 10.2 Å². The zero-order chi connectivity index (χ0) is 14.8. The lowest BCUT2D eigenvalue weighted by atomic mass is 9.69. The third kappa shape index (κ3) is 1.52. The number of fused-ring (bicyclic) bond motifs is 2. The number of phenols is 2. The summed E-state index contributed by atoms with van der Waals surface area (Å²) < 4.78 is 0. The molecule has 0 aromatic heterocycles. The minimum absolute atomic E-state index is 0.0103. The normalized spacial score (nSPS) is 23.5. The van der Waals surface area contributed by atoms with Crippen LogP contribution < -0.4 is 0 Å². The fourth-order valence-corrected chi connectivity index (χ4v) is 4.04. The highest BCUT2D eigenvalue weighted by atomic mass is 16.3. The molecule has 0 spiro atoms. The van der Waals surface area contributed by atoms with Crippen molar-refractivity contribution in [1.82, 2.24) is 4.90 Å². The van der Waals surface area contributed by atoms with Crippen LogP contribution in [-0.4, -0.2) is 28.7 Å². The summed E-state index contributed by atoms with van der Waals surface area (Å²) in [5, 5.41) is 20.2. The van der Waals surface area contributed by atoms with Crippen LogP contribution in [0.3, 0.4) is 0 Å². The van der Waals surface area contributed by atoms with E-state index in [0.29, 0.717) is 0 Å². The molecule has 108 valence electrons. The summed E-state index contributed by atoms with van der Waals surface area (Å²) in [6, 6.07) is 9.84. The fraction of sp³-hybridized carbons (Fsp3) is 0.333. The highest BCUT2D eigenvalue weighted by molar-refractivity contribution is 5.83. The van der Waals surface area contributed by atoms with Crippen LogP contribution in [0, 0.1) is 0 Å². The first-order valence-corrected chi connectivity index (χ1v) is 7.40. The lowest BCUT2D eigenvalue weighted by Gasteiger charge is -2.48. The predicted octanol–water partition coefficient (Wildman–Crippen LogP) is 3.02. The van der Waals surface area contributed by atoms with E-state index in [-0.39, 0.29) is 17.0 Å². The Morgan fingerprint density at radius 3 is 2.71 bits per heavy atom. The van der Waals surface area contributed by atoms with Gasteiger partial charge < -0.3 is 10.2 Å². The molecule has 0 saturated carbocycles. The van der Waals surface area contributed by atoms with E-state index in [1.807, 2.05) is 6.07 Å². The third-order valence-corrected chi connectivity index (χ3v) is 5.30. The molecule has 21 heavy (non-hydrogen) atoms. The van der Waals surface area contributed by atoms with Crippen molar-refractivity contribution >= 4 is 0 Å². The number of phenolic OH excluding ortho intramolecular Hbond substituents is 2. The van der Waals surface area contributed by atoms with Crippen LogP contribution in [0.1, 0.15) is 23.6 Å². The minimum Gasteiger partial charge on any atom is -0.504 e. The molecule has 0 radical (unpaired) electrons. The first-order chi connectivity index (χ1) is 10.0. The molecule has 1 aliphatic carbocycles. The molecule has 2 aliphatic rings. The van der Waals surface area contributed by atoms with Crippen LogP contribution in [0.15, 0.2) is 30.3 Å². The van der Waals surface area contributed by atoms with E-state index in [1.54, 1.807) is 6.07 Å². The second kappa shape index (κ2) is 4.01. The van der Waals surface area contributed by atoms with E-state index in [1.165, 1.54) is 11.1 Å². The quantitative estimate of drug-likeness (QED) is 0.730. The summed E-state index contributed by atoms with van der Waals surface area (Å²) in [6.45, 7) is 3.33. The SMILES string of the molecule is CN1CCc2cccc3c2[C@]1(C)Cc1ccc(O)c(O)c1-3. The average Bonchev–Trinajstić information content (AvgIpc) is 2.47. The van der Waals surface area contributed by atoms with Gasteiger partial charge >= 0.3 is 0 Å². The van der Waals surface area contributed by atoms with Crippen LogP contribution >= 0.6 is 0 Å². The largest absolute Gasteiger partial charge is 0.504 e. The van der Waals surface area contributed by atoms with E-state index < -0.39 is 0 Å². The monoisotopic (exact) mass is 281 g/mol. The Morgan fingerprint density at radius 2 is 1.90 bits per heavy atom. The van der Waals surface area contributed by atoms with Gasteiger partial charge in [-0.25, -0.2) is 0 Å². The molecule has 3 heteroatoms. The molecule has 0 bridgehead atoms. The summed E-state index contributed by atoms with van der Waals surface area (Å²) in [6.07, 6.45) is 1.89. The van der Waals surface area contributed by atoms with E-state index in [4.69, 9.17) is 0 Å². The molecule has 0 saturated heterocycles. The zero-order valence-corrected chi connectivity index (χ0v) is 12.3. The Labute approximate surface area is 124 Å². The van der Waals surface area contributed by atoms with Crippen molar-refractivity contribution in [2.24, 2.45) is 0 Å². The summed E-state index contributed by atoms with van der Waals surface area (Å²) in [5.74, 6) is -0.0321. The van der Waals surface area contributed by atoms with Gasteiger partial charge in [0.25, 0.3) is 0 Å². The molecular formula is C18H19NO2. The Bertz CT molecular complexity index is 753. The van der Waals surface area contributed by atoms with Gasteiger partial charge in [-0.3, -0.25) is 4.90 Å². The van der Waals surface area contributed by atoms with Crippen LogP contribution in [0.5, 0.6) is 11.5 Å². The third-order valence-electron chi connectivity index (χ3n) is 5.30. The molecule has 0 fully saturated rings. The number of hydrogen-bond donors (Lipinski definition) is 2. The van der Waals surface area contributed by atoms with Crippen molar-refractivity contribution in [2.75, 3.05) is 13.6 Å². The maximum Gasteiger partial charge on any atom is 0.165 e. The van der Waals surface area contributed by atoms with Gasteiger partial charge in [-0.2, -0.15) is 0 Å². The van der Waals surface area contributed by atoms with Crippen LogP contribution in [0.25, 0.3) is 11.1 Å². The number of aromatic hydroxyl groups is 2. The minimum atomic E-state index is -0.0425. The lowest BCUT2D eigenvalue weighted by molar-refractivity contribution is 0.122.